The van der Waals surface area contributed by atoms with Crippen LogP contribution >= 0.6 is 0 Å². The quantitative estimate of drug-likeness (QED) is 0.823. The van der Waals surface area contributed by atoms with Crippen molar-refractivity contribution in [2.45, 2.75) is 0 Å². The van der Waals surface area contributed by atoms with Crippen molar-refractivity contribution in [3.05, 3.63) is 53.9 Å². The Morgan fingerprint density at radius 3 is 2.44 bits per heavy atom. The van der Waals surface area contributed by atoms with Gasteiger partial charge in [0, 0.05) is 6.20 Å². The minimum Gasteiger partial charge on any atom is -0.493 e. The molecule has 0 spiro atoms. The number of nitrogens with zero attached hydrogens (tertiary/aromatic N) is 1. The van der Waals surface area contributed by atoms with Gasteiger partial charge in [0.1, 0.15) is 0 Å². The Morgan fingerprint density at radius 2 is 1.78 bits per heavy atom. The van der Waals surface area contributed by atoms with Crippen molar-refractivity contribution in [1.29, 1.82) is 0 Å². The maximum Gasteiger partial charge on any atom is 0.161 e. The molecule has 1 aromatic carbocycles. The van der Waals surface area contributed by atoms with Crippen LogP contribution in [0.5, 0.6) is 11.5 Å². The van der Waals surface area contributed by atoms with E-state index in [0.717, 1.165) is 22.8 Å². The number of hydrogen-bond donors (Lipinski definition) is 0. The van der Waals surface area contributed by atoms with Gasteiger partial charge in [-0.2, -0.15) is 0 Å². The van der Waals surface area contributed by atoms with E-state index < -0.39 is 0 Å². The molecule has 0 bridgehead atoms. The molecule has 0 aliphatic rings. The Labute approximate surface area is 107 Å². The first-order valence-corrected chi connectivity index (χ1v) is 5.64. The first-order chi connectivity index (χ1) is 8.83. The van der Waals surface area contributed by atoms with Crippen LogP contribution in [-0.4, -0.2) is 19.2 Å². The highest BCUT2D eigenvalue weighted by Crippen LogP contribution is 2.28. The molecule has 92 valence electrons. The molecule has 0 aliphatic carbocycles. The van der Waals surface area contributed by atoms with E-state index >= 15 is 0 Å². The summed E-state index contributed by atoms with van der Waals surface area (Å²) in [5, 5.41) is 0. The molecule has 0 saturated heterocycles. The topological polar surface area (TPSA) is 31.4 Å². The van der Waals surface area contributed by atoms with Crippen LogP contribution in [0.3, 0.4) is 0 Å². The van der Waals surface area contributed by atoms with Gasteiger partial charge in [0.05, 0.1) is 19.9 Å². The Bertz CT molecular complexity index is 535. The van der Waals surface area contributed by atoms with E-state index in [0.29, 0.717) is 0 Å². The largest absolute Gasteiger partial charge is 0.493 e. The van der Waals surface area contributed by atoms with Crippen LogP contribution in [0.25, 0.3) is 12.2 Å². The minimum absolute atomic E-state index is 0.723. The van der Waals surface area contributed by atoms with E-state index in [4.69, 9.17) is 9.47 Å². The zero-order valence-corrected chi connectivity index (χ0v) is 10.5. The molecule has 0 radical (unpaired) electrons. The van der Waals surface area contributed by atoms with Crippen molar-refractivity contribution in [3.63, 3.8) is 0 Å². The van der Waals surface area contributed by atoms with Gasteiger partial charge >= 0.3 is 0 Å². The van der Waals surface area contributed by atoms with E-state index in [1.165, 1.54) is 0 Å². The van der Waals surface area contributed by atoms with E-state index in [2.05, 4.69) is 4.98 Å². The van der Waals surface area contributed by atoms with E-state index in [1.54, 1.807) is 20.4 Å². The maximum absolute atomic E-state index is 5.25. The van der Waals surface area contributed by atoms with E-state index in [9.17, 15) is 0 Å². The second-order valence-electron chi connectivity index (χ2n) is 3.70. The normalized spacial score (nSPS) is 10.6. The van der Waals surface area contributed by atoms with Crippen molar-refractivity contribution < 1.29 is 9.47 Å². The van der Waals surface area contributed by atoms with Gasteiger partial charge in [0.25, 0.3) is 0 Å². The molecule has 2 rings (SSSR count). The summed E-state index contributed by atoms with van der Waals surface area (Å²) < 4.78 is 10.4. The van der Waals surface area contributed by atoms with Crippen molar-refractivity contribution in [2.75, 3.05) is 14.2 Å². The van der Waals surface area contributed by atoms with Gasteiger partial charge in [0.15, 0.2) is 11.5 Å². The van der Waals surface area contributed by atoms with E-state index in [-0.39, 0.29) is 0 Å². The van der Waals surface area contributed by atoms with Gasteiger partial charge in [-0.25, -0.2) is 0 Å². The van der Waals surface area contributed by atoms with Gasteiger partial charge < -0.3 is 9.47 Å². The highest BCUT2D eigenvalue weighted by Gasteiger charge is 2.02. The molecule has 0 aliphatic heterocycles. The van der Waals surface area contributed by atoms with Gasteiger partial charge in [-0.1, -0.05) is 18.2 Å². The van der Waals surface area contributed by atoms with Crippen molar-refractivity contribution in [2.24, 2.45) is 0 Å². The number of pyridine rings is 1. The van der Waals surface area contributed by atoms with Crippen molar-refractivity contribution in [1.82, 2.24) is 4.98 Å². The lowest BCUT2D eigenvalue weighted by atomic mass is 10.1. The van der Waals surface area contributed by atoms with Gasteiger partial charge in [-0.3, -0.25) is 4.98 Å². The molecule has 1 heterocycles. The van der Waals surface area contributed by atoms with Crippen LogP contribution in [0.15, 0.2) is 42.6 Å². The second kappa shape index (κ2) is 5.87. The van der Waals surface area contributed by atoms with Crippen LogP contribution in [0.4, 0.5) is 0 Å². The molecule has 3 heteroatoms. The summed E-state index contributed by atoms with van der Waals surface area (Å²) in [4.78, 5) is 4.23. The van der Waals surface area contributed by atoms with E-state index in [1.807, 2.05) is 48.6 Å². The number of ether oxygens (including phenoxy) is 2. The number of benzene rings is 1. The summed E-state index contributed by atoms with van der Waals surface area (Å²) in [5.74, 6) is 1.45. The Balaban J connectivity index is 2.22. The van der Waals surface area contributed by atoms with Crippen LogP contribution < -0.4 is 9.47 Å². The number of aromatic nitrogens is 1. The molecular weight excluding hydrogens is 226 g/mol. The molecule has 0 fully saturated rings. The third-order valence-electron chi connectivity index (χ3n) is 2.54. The number of methoxy groups -OCH3 is 2. The Kier molecular flexibility index (Phi) is 3.97. The van der Waals surface area contributed by atoms with Crippen LogP contribution in [-0.2, 0) is 0 Å². The monoisotopic (exact) mass is 241 g/mol. The predicted octanol–water partition coefficient (Wildman–Crippen LogP) is 3.27. The summed E-state index contributed by atoms with van der Waals surface area (Å²) in [6.07, 6.45) is 5.72. The fourth-order valence-electron chi connectivity index (χ4n) is 1.61. The molecule has 0 N–H and O–H groups in total. The third kappa shape index (κ3) is 2.88. The average Bonchev–Trinajstić information content (AvgIpc) is 2.45. The highest BCUT2D eigenvalue weighted by atomic mass is 16.5. The lowest BCUT2D eigenvalue weighted by molar-refractivity contribution is 0.355. The van der Waals surface area contributed by atoms with Gasteiger partial charge in [-0.05, 0) is 35.9 Å². The molecule has 0 unspecified atom stereocenters. The zero-order chi connectivity index (χ0) is 12.8. The first kappa shape index (κ1) is 12.2. The molecular formula is C15H15NO2. The summed E-state index contributed by atoms with van der Waals surface area (Å²) >= 11 is 0. The smallest absolute Gasteiger partial charge is 0.161 e. The SMILES string of the molecule is COc1ccc(/C=C/c2ccccn2)cc1OC. The molecule has 3 nitrogen and oxygen atoms in total. The summed E-state index contributed by atoms with van der Waals surface area (Å²) in [6.45, 7) is 0. The average molecular weight is 241 g/mol. The summed E-state index contributed by atoms with van der Waals surface area (Å²) in [6, 6.07) is 11.6. The third-order valence-corrected chi connectivity index (χ3v) is 2.54. The highest BCUT2D eigenvalue weighted by molar-refractivity contribution is 5.69. The fourth-order valence-corrected chi connectivity index (χ4v) is 1.61. The molecule has 2 aromatic rings. The van der Waals surface area contributed by atoms with Crippen molar-refractivity contribution in [3.8, 4) is 11.5 Å². The van der Waals surface area contributed by atoms with Crippen LogP contribution in [0.1, 0.15) is 11.3 Å². The Hall–Kier alpha value is -2.29. The second-order valence-corrected chi connectivity index (χ2v) is 3.70. The fraction of sp³-hybridized carbons (Fsp3) is 0.133. The molecule has 0 amide bonds. The Morgan fingerprint density at radius 1 is 0.944 bits per heavy atom. The molecule has 18 heavy (non-hydrogen) atoms. The lowest BCUT2D eigenvalue weighted by Gasteiger charge is -2.07. The lowest BCUT2D eigenvalue weighted by Crippen LogP contribution is -1.90. The minimum atomic E-state index is 0.723. The molecule has 0 saturated carbocycles. The number of hydrogen-bond acceptors (Lipinski definition) is 3. The maximum atomic E-state index is 5.25. The summed E-state index contributed by atoms with van der Waals surface area (Å²) in [7, 11) is 3.26. The van der Waals surface area contributed by atoms with Crippen LogP contribution in [0.2, 0.25) is 0 Å². The number of rotatable bonds is 4. The first-order valence-electron chi connectivity index (χ1n) is 5.64. The zero-order valence-electron chi connectivity index (χ0n) is 10.5. The standard InChI is InChI=1S/C15H15NO2/c1-17-14-9-7-12(11-15(14)18-2)6-8-13-5-3-4-10-16-13/h3-11H,1-2H3/b8-6+. The molecule has 0 atom stereocenters. The predicted molar refractivity (Wildman–Crippen MR) is 72.7 cm³/mol. The molecule has 1 aromatic heterocycles. The van der Waals surface area contributed by atoms with Gasteiger partial charge in [0.2, 0.25) is 0 Å². The summed E-state index contributed by atoms with van der Waals surface area (Å²) in [5.41, 5.74) is 1.96. The van der Waals surface area contributed by atoms with Crippen LogP contribution in [0, 0.1) is 0 Å². The van der Waals surface area contributed by atoms with Gasteiger partial charge in [-0.15, -0.1) is 0 Å². The van der Waals surface area contributed by atoms with Crippen molar-refractivity contribution >= 4 is 12.2 Å².